The number of pyridine rings is 1. The van der Waals surface area contributed by atoms with E-state index in [1.165, 1.54) is 25.7 Å². The summed E-state index contributed by atoms with van der Waals surface area (Å²) in [6, 6.07) is 5.87. The van der Waals surface area contributed by atoms with Gasteiger partial charge >= 0.3 is 0 Å². The van der Waals surface area contributed by atoms with E-state index >= 15 is 0 Å². The number of aromatic nitrogens is 3. The highest BCUT2D eigenvalue weighted by molar-refractivity contribution is 6.29. The first-order chi connectivity index (χ1) is 9.22. The Labute approximate surface area is 118 Å². The van der Waals surface area contributed by atoms with Gasteiger partial charge in [-0.25, -0.2) is 9.97 Å². The summed E-state index contributed by atoms with van der Waals surface area (Å²) in [5.41, 5.74) is 2.99. The molecule has 0 spiro atoms. The zero-order valence-electron chi connectivity index (χ0n) is 10.9. The van der Waals surface area contributed by atoms with Gasteiger partial charge in [0.2, 0.25) is 0 Å². The van der Waals surface area contributed by atoms with Crippen LogP contribution in [-0.2, 0) is 0 Å². The van der Waals surface area contributed by atoms with Crippen molar-refractivity contribution >= 4 is 11.6 Å². The Morgan fingerprint density at radius 3 is 2.63 bits per heavy atom. The highest BCUT2D eigenvalue weighted by Crippen LogP contribution is 2.34. The summed E-state index contributed by atoms with van der Waals surface area (Å²) in [5.74, 6) is 1.22. The molecule has 0 unspecified atom stereocenters. The SMILES string of the molecule is Cc1ccc(-c2nc(Cl)cc(C3CCCC3)n2)cn1. The molecule has 0 atom stereocenters. The molecule has 1 aliphatic carbocycles. The van der Waals surface area contributed by atoms with Crippen LogP contribution in [0.15, 0.2) is 24.4 Å². The van der Waals surface area contributed by atoms with E-state index in [0.717, 1.165) is 17.0 Å². The van der Waals surface area contributed by atoms with Crippen LogP contribution in [0.1, 0.15) is 43.0 Å². The lowest BCUT2D eigenvalue weighted by molar-refractivity contribution is 0.695. The second kappa shape index (κ2) is 5.25. The maximum Gasteiger partial charge on any atom is 0.162 e. The molecule has 2 aromatic rings. The Kier molecular flexibility index (Phi) is 3.47. The molecule has 0 aliphatic heterocycles. The molecule has 2 heterocycles. The summed E-state index contributed by atoms with van der Waals surface area (Å²) in [6.07, 6.45) is 6.79. The van der Waals surface area contributed by atoms with Gasteiger partial charge in [0.15, 0.2) is 5.82 Å². The van der Waals surface area contributed by atoms with E-state index in [-0.39, 0.29) is 0 Å². The van der Waals surface area contributed by atoms with Crippen molar-refractivity contribution in [3.05, 3.63) is 40.9 Å². The predicted octanol–water partition coefficient (Wildman–Crippen LogP) is 4.16. The van der Waals surface area contributed by atoms with Crippen LogP contribution >= 0.6 is 11.6 Å². The van der Waals surface area contributed by atoms with Crippen molar-refractivity contribution < 1.29 is 0 Å². The summed E-state index contributed by atoms with van der Waals surface area (Å²) < 4.78 is 0. The Bertz CT molecular complexity index is 574. The molecule has 3 rings (SSSR count). The first-order valence-electron chi connectivity index (χ1n) is 6.70. The number of hydrogen-bond acceptors (Lipinski definition) is 3. The molecule has 4 heteroatoms. The third kappa shape index (κ3) is 2.76. The lowest BCUT2D eigenvalue weighted by atomic mass is 10.0. The predicted molar refractivity (Wildman–Crippen MR) is 76.2 cm³/mol. The van der Waals surface area contributed by atoms with Crippen LogP contribution in [-0.4, -0.2) is 15.0 Å². The van der Waals surface area contributed by atoms with Crippen molar-refractivity contribution in [2.45, 2.75) is 38.5 Å². The van der Waals surface area contributed by atoms with E-state index in [1.807, 2.05) is 25.1 Å². The van der Waals surface area contributed by atoms with E-state index in [0.29, 0.717) is 16.9 Å². The molecule has 3 nitrogen and oxygen atoms in total. The highest BCUT2D eigenvalue weighted by Gasteiger charge is 2.20. The minimum atomic E-state index is 0.521. The van der Waals surface area contributed by atoms with Crippen molar-refractivity contribution in [3.63, 3.8) is 0 Å². The molecule has 0 aromatic carbocycles. The maximum absolute atomic E-state index is 6.14. The average Bonchev–Trinajstić information content (AvgIpc) is 2.93. The van der Waals surface area contributed by atoms with Gasteiger partial charge in [0.1, 0.15) is 5.15 Å². The molecule has 0 bridgehead atoms. The van der Waals surface area contributed by atoms with E-state index < -0.39 is 0 Å². The molecular weight excluding hydrogens is 258 g/mol. The molecule has 1 aliphatic rings. The molecule has 1 saturated carbocycles. The van der Waals surface area contributed by atoms with Gasteiger partial charge in [-0.1, -0.05) is 24.4 Å². The molecule has 0 saturated heterocycles. The van der Waals surface area contributed by atoms with Crippen molar-refractivity contribution in [1.82, 2.24) is 15.0 Å². The average molecular weight is 274 g/mol. The minimum Gasteiger partial charge on any atom is -0.261 e. The lowest BCUT2D eigenvalue weighted by Gasteiger charge is -2.10. The molecule has 0 amide bonds. The Morgan fingerprint density at radius 2 is 1.95 bits per heavy atom. The van der Waals surface area contributed by atoms with Crippen LogP contribution in [0.2, 0.25) is 5.15 Å². The van der Waals surface area contributed by atoms with Crippen LogP contribution in [0.3, 0.4) is 0 Å². The molecule has 19 heavy (non-hydrogen) atoms. The Balaban J connectivity index is 1.99. The lowest BCUT2D eigenvalue weighted by Crippen LogP contribution is -2.00. The van der Waals surface area contributed by atoms with Crippen LogP contribution in [0, 0.1) is 6.92 Å². The van der Waals surface area contributed by atoms with Gasteiger partial charge in [0.25, 0.3) is 0 Å². The first-order valence-corrected chi connectivity index (χ1v) is 7.08. The topological polar surface area (TPSA) is 38.7 Å². The van der Waals surface area contributed by atoms with E-state index in [2.05, 4.69) is 15.0 Å². The van der Waals surface area contributed by atoms with Gasteiger partial charge in [-0.05, 0) is 38.0 Å². The monoisotopic (exact) mass is 273 g/mol. The molecule has 0 radical (unpaired) electrons. The zero-order chi connectivity index (χ0) is 13.2. The number of nitrogens with zero attached hydrogens (tertiary/aromatic N) is 3. The van der Waals surface area contributed by atoms with Gasteiger partial charge in [-0.2, -0.15) is 0 Å². The summed E-state index contributed by atoms with van der Waals surface area (Å²) >= 11 is 6.14. The summed E-state index contributed by atoms with van der Waals surface area (Å²) in [5, 5.41) is 0.521. The van der Waals surface area contributed by atoms with Gasteiger partial charge < -0.3 is 0 Å². The van der Waals surface area contributed by atoms with Crippen molar-refractivity contribution in [2.75, 3.05) is 0 Å². The second-order valence-electron chi connectivity index (χ2n) is 5.11. The minimum absolute atomic E-state index is 0.521. The van der Waals surface area contributed by atoms with Crippen LogP contribution in [0.5, 0.6) is 0 Å². The van der Waals surface area contributed by atoms with Crippen molar-refractivity contribution in [3.8, 4) is 11.4 Å². The summed E-state index contributed by atoms with van der Waals surface area (Å²) in [4.78, 5) is 13.3. The van der Waals surface area contributed by atoms with Gasteiger partial charge in [-0.15, -0.1) is 0 Å². The fourth-order valence-corrected chi connectivity index (χ4v) is 2.79. The Morgan fingerprint density at radius 1 is 1.16 bits per heavy atom. The fraction of sp³-hybridized carbons (Fsp3) is 0.400. The van der Waals surface area contributed by atoms with Gasteiger partial charge in [-0.3, -0.25) is 4.98 Å². The Hall–Kier alpha value is -1.48. The molecule has 0 N–H and O–H groups in total. The third-order valence-corrected chi connectivity index (χ3v) is 3.85. The van der Waals surface area contributed by atoms with Crippen LogP contribution < -0.4 is 0 Å². The summed E-state index contributed by atoms with van der Waals surface area (Å²) in [6.45, 7) is 1.96. The second-order valence-corrected chi connectivity index (χ2v) is 5.50. The van der Waals surface area contributed by atoms with Crippen LogP contribution in [0.25, 0.3) is 11.4 Å². The molecule has 1 fully saturated rings. The number of aryl methyl sites for hydroxylation is 1. The smallest absolute Gasteiger partial charge is 0.162 e. The van der Waals surface area contributed by atoms with E-state index in [4.69, 9.17) is 11.6 Å². The van der Waals surface area contributed by atoms with Crippen molar-refractivity contribution in [1.29, 1.82) is 0 Å². The highest BCUT2D eigenvalue weighted by atomic mass is 35.5. The fourth-order valence-electron chi connectivity index (χ4n) is 2.59. The molecule has 2 aromatic heterocycles. The van der Waals surface area contributed by atoms with Crippen LogP contribution in [0.4, 0.5) is 0 Å². The largest absolute Gasteiger partial charge is 0.261 e. The van der Waals surface area contributed by atoms with E-state index in [9.17, 15) is 0 Å². The number of halogens is 1. The number of rotatable bonds is 2. The van der Waals surface area contributed by atoms with Gasteiger partial charge in [0, 0.05) is 29.1 Å². The standard InChI is InChI=1S/C15H16ClN3/c1-10-6-7-12(9-17-10)15-18-13(8-14(16)19-15)11-4-2-3-5-11/h6-9,11H,2-5H2,1H3. The van der Waals surface area contributed by atoms with Gasteiger partial charge in [0.05, 0.1) is 0 Å². The zero-order valence-corrected chi connectivity index (χ0v) is 11.7. The maximum atomic E-state index is 6.14. The normalized spacial score (nSPS) is 15.9. The number of hydrogen-bond donors (Lipinski definition) is 0. The third-order valence-electron chi connectivity index (χ3n) is 3.66. The van der Waals surface area contributed by atoms with E-state index in [1.54, 1.807) is 6.20 Å². The molecular formula is C15H16ClN3. The summed E-state index contributed by atoms with van der Waals surface area (Å²) in [7, 11) is 0. The van der Waals surface area contributed by atoms with Crippen molar-refractivity contribution in [2.24, 2.45) is 0 Å². The quantitative estimate of drug-likeness (QED) is 0.771. The first kappa shape index (κ1) is 12.5. The molecule has 98 valence electrons.